The highest BCUT2D eigenvalue weighted by atomic mass is 16.6. The monoisotopic (exact) mass is 257 g/mol. The van der Waals surface area contributed by atoms with Crippen molar-refractivity contribution in [2.45, 2.75) is 58.8 Å². The Morgan fingerprint density at radius 3 is 2.44 bits per heavy atom. The first-order valence-electron chi connectivity index (χ1n) is 6.77. The minimum absolute atomic E-state index is 0.0229. The van der Waals surface area contributed by atoms with Gasteiger partial charge in [-0.1, -0.05) is 13.8 Å². The number of rotatable bonds is 6. The van der Waals surface area contributed by atoms with Crippen LogP contribution in [0.3, 0.4) is 0 Å². The van der Waals surface area contributed by atoms with Gasteiger partial charge in [0.2, 0.25) is 0 Å². The van der Waals surface area contributed by atoms with E-state index in [0.29, 0.717) is 5.92 Å². The van der Waals surface area contributed by atoms with Crippen molar-refractivity contribution in [1.29, 1.82) is 0 Å². The van der Waals surface area contributed by atoms with Crippen LogP contribution in [0, 0.1) is 11.8 Å². The molecule has 106 valence electrons. The van der Waals surface area contributed by atoms with Gasteiger partial charge in [-0.05, 0) is 40.2 Å². The molecule has 1 saturated heterocycles. The summed E-state index contributed by atoms with van der Waals surface area (Å²) in [5.41, 5.74) is -0.431. The molecule has 1 N–H and O–H groups in total. The fraction of sp³-hybridized carbons (Fsp3) is 0.929. The summed E-state index contributed by atoms with van der Waals surface area (Å²) in [6.45, 7) is 10.7. The smallest absolute Gasteiger partial charge is 0.312 e. The van der Waals surface area contributed by atoms with Crippen LogP contribution < -0.4 is 5.32 Å². The molecule has 0 bridgehead atoms. The van der Waals surface area contributed by atoms with E-state index >= 15 is 0 Å². The summed E-state index contributed by atoms with van der Waals surface area (Å²) >= 11 is 0. The molecule has 0 amide bonds. The van der Waals surface area contributed by atoms with E-state index in [1.54, 1.807) is 0 Å². The van der Waals surface area contributed by atoms with Crippen molar-refractivity contribution in [3.05, 3.63) is 0 Å². The number of carbonyl (C=O) groups excluding carboxylic acids is 1. The Kier molecular flexibility index (Phi) is 5.17. The molecule has 4 heteroatoms. The lowest BCUT2D eigenvalue weighted by Gasteiger charge is -2.24. The van der Waals surface area contributed by atoms with E-state index < -0.39 is 5.60 Å². The molecule has 4 nitrogen and oxygen atoms in total. The van der Waals surface area contributed by atoms with Crippen LogP contribution in [0.25, 0.3) is 0 Å². The van der Waals surface area contributed by atoms with Crippen LogP contribution >= 0.6 is 0 Å². The molecule has 0 radical (unpaired) electrons. The Morgan fingerprint density at radius 2 is 2.00 bits per heavy atom. The number of hydrogen-bond acceptors (Lipinski definition) is 4. The van der Waals surface area contributed by atoms with Crippen molar-refractivity contribution in [2.75, 3.05) is 13.6 Å². The van der Waals surface area contributed by atoms with Gasteiger partial charge in [0.25, 0.3) is 0 Å². The summed E-state index contributed by atoms with van der Waals surface area (Å²) < 4.78 is 11.1. The molecule has 0 aromatic carbocycles. The fourth-order valence-corrected chi connectivity index (χ4v) is 2.13. The molecule has 18 heavy (non-hydrogen) atoms. The first-order chi connectivity index (χ1) is 8.24. The maximum absolute atomic E-state index is 12.2. The average molecular weight is 257 g/mol. The first-order valence-corrected chi connectivity index (χ1v) is 6.77. The van der Waals surface area contributed by atoms with E-state index in [-0.39, 0.29) is 24.1 Å². The molecule has 1 heterocycles. The number of ether oxygens (including phenoxy) is 2. The molecule has 0 unspecified atom stereocenters. The molecule has 0 aromatic rings. The van der Waals surface area contributed by atoms with Crippen LogP contribution in [0.15, 0.2) is 0 Å². The molecule has 1 aliphatic rings. The summed E-state index contributed by atoms with van der Waals surface area (Å²) in [6, 6.07) is 0. The summed E-state index contributed by atoms with van der Waals surface area (Å²) in [5, 5.41) is 3.08. The Hall–Kier alpha value is -0.610. The van der Waals surface area contributed by atoms with Crippen molar-refractivity contribution in [3.8, 4) is 0 Å². The Balaban J connectivity index is 2.59. The van der Waals surface area contributed by atoms with Crippen LogP contribution in [0.1, 0.15) is 41.0 Å². The van der Waals surface area contributed by atoms with Gasteiger partial charge in [-0.2, -0.15) is 0 Å². The van der Waals surface area contributed by atoms with Crippen LogP contribution in [0.2, 0.25) is 0 Å². The minimum Gasteiger partial charge on any atom is -0.460 e. The van der Waals surface area contributed by atoms with Gasteiger partial charge in [-0.15, -0.1) is 0 Å². The molecular weight excluding hydrogens is 230 g/mol. The molecule has 0 aliphatic carbocycles. The van der Waals surface area contributed by atoms with Gasteiger partial charge in [0.15, 0.2) is 0 Å². The van der Waals surface area contributed by atoms with Gasteiger partial charge in [0.05, 0.1) is 18.1 Å². The lowest BCUT2D eigenvalue weighted by atomic mass is 9.92. The highest BCUT2D eigenvalue weighted by Crippen LogP contribution is 2.34. The second-order valence-electron chi connectivity index (χ2n) is 6.47. The van der Waals surface area contributed by atoms with Crippen LogP contribution in [-0.4, -0.2) is 37.4 Å². The second-order valence-corrected chi connectivity index (χ2v) is 6.47. The number of esters is 1. The van der Waals surface area contributed by atoms with Gasteiger partial charge in [0.1, 0.15) is 5.60 Å². The van der Waals surface area contributed by atoms with E-state index in [1.807, 2.05) is 27.8 Å². The molecule has 0 saturated carbocycles. The summed E-state index contributed by atoms with van der Waals surface area (Å²) in [6.07, 6.45) is 1.00. The summed E-state index contributed by atoms with van der Waals surface area (Å²) in [5.74, 6) is 0.198. The molecular formula is C14H27NO3. The predicted octanol–water partition coefficient (Wildman–Crippen LogP) is 1.98. The van der Waals surface area contributed by atoms with E-state index in [2.05, 4.69) is 19.2 Å². The van der Waals surface area contributed by atoms with Crippen LogP contribution in [0.5, 0.6) is 0 Å². The zero-order chi connectivity index (χ0) is 13.9. The highest BCUT2D eigenvalue weighted by Gasteiger charge is 2.48. The maximum Gasteiger partial charge on any atom is 0.312 e. The van der Waals surface area contributed by atoms with Crippen LogP contribution in [-0.2, 0) is 14.3 Å². The number of nitrogens with one attached hydrogen (secondary N) is 1. The van der Waals surface area contributed by atoms with Gasteiger partial charge in [-0.3, -0.25) is 4.79 Å². The third-order valence-electron chi connectivity index (χ3n) is 2.86. The lowest BCUT2D eigenvalue weighted by Crippen LogP contribution is -2.33. The van der Waals surface area contributed by atoms with E-state index in [0.717, 1.165) is 13.0 Å². The zero-order valence-electron chi connectivity index (χ0n) is 12.4. The summed E-state index contributed by atoms with van der Waals surface area (Å²) in [4.78, 5) is 12.2. The van der Waals surface area contributed by atoms with Gasteiger partial charge < -0.3 is 14.8 Å². The van der Waals surface area contributed by atoms with E-state index in [4.69, 9.17) is 9.47 Å². The number of likely N-dealkylation sites (N-methyl/N-ethyl adjacent to an activating group) is 1. The van der Waals surface area contributed by atoms with Crippen molar-refractivity contribution < 1.29 is 14.3 Å². The van der Waals surface area contributed by atoms with Crippen molar-refractivity contribution in [2.24, 2.45) is 11.8 Å². The molecule has 1 aliphatic heterocycles. The van der Waals surface area contributed by atoms with E-state index in [9.17, 15) is 4.79 Å². The highest BCUT2D eigenvalue weighted by molar-refractivity contribution is 5.74. The van der Waals surface area contributed by atoms with Crippen molar-refractivity contribution in [1.82, 2.24) is 5.32 Å². The van der Waals surface area contributed by atoms with Gasteiger partial charge in [0, 0.05) is 6.54 Å². The molecule has 0 aromatic heterocycles. The Morgan fingerprint density at radius 1 is 1.39 bits per heavy atom. The Labute approximate surface area is 110 Å². The van der Waals surface area contributed by atoms with E-state index in [1.165, 1.54) is 0 Å². The third kappa shape index (κ3) is 4.94. The number of epoxide rings is 1. The van der Waals surface area contributed by atoms with Crippen molar-refractivity contribution >= 4 is 5.97 Å². The third-order valence-corrected chi connectivity index (χ3v) is 2.86. The quantitative estimate of drug-likeness (QED) is 0.584. The second kappa shape index (κ2) is 6.02. The normalized spacial score (nSPS) is 25.1. The first kappa shape index (κ1) is 15.4. The largest absolute Gasteiger partial charge is 0.460 e. The zero-order valence-corrected chi connectivity index (χ0v) is 12.4. The molecule has 0 spiro atoms. The SMILES string of the molecule is CNC[C@H]1O[C@@H]1[C@@H](CC(C)C)C(=O)OC(C)(C)C. The maximum atomic E-state index is 12.2. The summed E-state index contributed by atoms with van der Waals surface area (Å²) in [7, 11) is 1.89. The van der Waals surface area contributed by atoms with Crippen molar-refractivity contribution in [3.63, 3.8) is 0 Å². The number of carbonyl (C=O) groups is 1. The molecule has 1 rings (SSSR count). The number of hydrogen-bond donors (Lipinski definition) is 1. The Bertz CT molecular complexity index is 283. The topological polar surface area (TPSA) is 50.9 Å². The van der Waals surface area contributed by atoms with Gasteiger partial charge in [-0.25, -0.2) is 0 Å². The van der Waals surface area contributed by atoms with Gasteiger partial charge >= 0.3 is 5.97 Å². The molecule has 1 fully saturated rings. The standard InChI is InChI=1S/C14H27NO3/c1-9(2)7-10(12-11(17-12)8-15-6)13(16)18-14(3,4)5/h9-12,15H,7-8H2,1-6H3/t10-,11-,12-/m1/s1. The lowest BCUT2D eigenvalue weighted by molar-refractivity contribution is -0.161. The average Bonchev–Trinajstić information content (AvgIpc) is 2.91. The molecule has 3 atom stereocenters. The van der Waals surface area contributed by atoms with Crippen LogP contribution in [0.4, 0.5) is 0 Å². The minimum atomic E-state index is -0.431. The predicted molar refractivity (Wildman–Crippen MR) is 71.4 cm³/mol. The fourth-order valence-electron chi connectivity index (χ4n) is 2.13.